The van der Waals surface area contributed by atoms with Gasteiger partial charge in [-0.2, -0.15) is 0 Å². The van der Waals surface area contributed by atoms with E-state index in [1.807, 2.05) is 74.5 Å². The second-order valence-corrected chi connectivity index (χ2v) is 13.4. The van der Waals surface area contributed by atoms with Crippen molar-refractivity contribution in [3.05, 3.63) is 140 Å². The van der Waals surface area contributed by atoms with E-state index in [2.05, 4.69) is 21.0 Å². The average molecular weight is 628 g/mol. The quantitative estimate of drug-likeness (QED) is 0.0955. The van der Waals surface area contributed by atoms with Crippen LogP contribution >= 0.6 is 11.8 Å². The molecular formula is C33H33N5O4S2. The third-order valence-corrected chi connectivity index (χ3v) is 9.97. The molecule has 0 saturated heterocycles. The first kappa shape index (κ1) is 31.1. The molecule has 0 spiro atoms. The fourth-order valence-electron chi connectivity index (χ4n) is 5.39. The number of sulfonamides is 1. The zero-order chi connectivity index (χ0) is 31.4. The predicted octanol–water partition coefficient (Wildman–Crippen LogP) is 6.96. The molecule has 5 aromatic rings. The number of aryl methyl sites for hydroxylation is 4. The number of benzene rings is 4. The SMILES string of the molecule is Cc1cccc(CSc2nnc(C(Cc3ccccc3)NS(=O)(=O)c3c(C)cc(C)cc3C)n2-c2ccc([N+](=O)[O-])cc2)c1. The summed E-state index contributed by atoms with van der Waals surface area (Å²) >= 11 is 1.46. The molecule has 0 aliphatic carbocycles. The Balaban J connectivity index is 1.62. The monoisotopic (exact) mass is 627 g/mol. The largest absolute Gasteiger partial charge is 0.273 e. The van der Waals surface area contributed by atoms with Crippen LogP contribution < -0.4 is 4.72 Å². The molecule has 1 unspecified atom stereocenters. The third kappa shape index (κ3) is 7.07. The predicted molar refractivity (Wildman–Crippen MR) is 173 cm³/mol. The smallest absolute Gasteiger partial charge is 0.269 e. The van der Waals surface area contributed by atoms with Crippen molar-refractivity contribution in [2.24, 2.45) is 0 Å². The fraction of sp³-hybridized carbons (Fsp3) is 0.212. The standard InChI is InChI=1S/C33H33N5O4S2/c1-22-9-8-12-27(19-22)21-43-33-35-34-32(37(33)28-13-15-29(16-14-28)38(39)40)30(20-26-10-6-5-7-11-26)36-44(41,42)31-24(3)17-23(2)18-25(31)4/h5-19,30,36H,20-21H2,1-4H3. The van der Waals surface area contributed by atoms with Crippen LogP contribution in [0.25, 0.3) is 5.69 Å². The molecule has 1 atom stereocenters. The molecule has 9 nitrogen and oxygen atoms in total. The van der Waals surface area contributed by atoms with Crippen molar-refractivity contribution >= 4 is 27.5 Å². The van der Waals surface area contributed by atoms with Gasteiger partial charge in [-0.15, -0.1) is 10.2 Å². The first-order chi connectivity index (χ1) is 21.0. The van der Waals surface area contributed by atoms with Gasteiger partial charge < -0.3 is 0 Å². The lowest BCUT2D eigenvalue weighted by molar-refractivity contribution is -0.384. The van der Waals surface area contributed by atoms with E-state index in [0.717, 1.165) is 22.3 Å². The molecule has 0 fully saturated rings. The van der Waals surface area contributed by atoms with Gasteiger partial charge in [0.05, 0.1) is 15.9 Å². The highest BCUT2D eigenvalue weighted by Crippen LogP contribution is 2.31. The number of thioether (sulfide) groups is 1. The second kappa shape index (κ2) is 13.1. The third-order valence-electron chi connectivity index (χ3n) is 7.19. The number of rotatable bonds is 11. The molecule has 0 aliphatic heterocycles. The van der Waals surface area contributed by atoms with Gasteiger partial charge in [0.1, 0.15) is 0 Å². The Morgan fingerprint density at radius 3 is 2.14 bits per heavy atom. The van der Waals surface area contributed by atoms with Gasteiger partial charge in [-0.25, -0.2) is 13.1 Å². The number of nitrogens with one attached hydrogen (secondary N) is 1. The number of nitro benzene ring substituents is 1. The topological polar surface area (TPSA) is 120 Å². The van der Waals surface area contributed by atoms with Crippen LogP contribution in [0, 0.1) is 37.8 Å². The summed E-state index contributed by atoms with van der Waals surface area (Å²) in [4.78, 5) is 11.2. The molecule has 4 aromatic carbocycles. The van der Waals surface area contributed by atoms with Gasteiger partial charge in [-0.3, -0.25) is 14.7 Å². The molecule has 0 radical (unpaired) electrons. The first-order valence-electron chi connectivity index (χ1n) is 14.0. The molecule has 0 saturated carbocycles. The molecule has 44 heavy (non-hydrogen) atoms. The zero-order valence-corrected chi connectivity index (χ0v) is 26.5. The maximum Gasteiger partial charge on any atom is 0.269 e. The Morgan fingerprint density at radius 1 is 0.841 bits per heavy atom. The first-order valence-corrected chi connectivity index (χ1v) is 16.5. The summed E-state index contributed by atoms with van der Waals surface area (Å²) in [5, 5.41) is 21.0. The number of nitrogens with zero attached hydrogens (tertiary/aromatic N) is 4. The van der Waals surface area contributed by atoms with Crippen molar-refractivity contribution in [1.82, 2.24) is 19.5 Å². The summed E-state index contributed by atoms with van der Waals surface area (Å²) in [6, 6.07) is 26.7. The van der Waals surface area contributed by atoms with Gasteiger partial charge in [0.15, 0.2) is 11.0 Å². The van der Waals surface area contributed by atoms with E-state index >= 15 is 0 Å². The molecule has 11 heteroatoms. The maximum absolute atomic E-state index is 14.0. The minimum Gasteiger partial charge on any atom is -0.273 e. The Hall–Kier alpha value is -4.32. The molecule has 0 amide bonds. The summed E-state index contributed by atoms with van der Waals surface area (Å²) in [7, 11) is -4.00. The second-order valence-electron chi connectivity index (χ2n) is 10.8. The van der Waals surface area contributed by atoms with Crippen LogP contribution in [0.5, 0.6) is 0 Å². The number of non-ortho nitro benzene ring substituents is 1. The van der Waals surface area contributed by atoms with Crippen LogP contribution in [0.3, 0.4) is 0 Å². The van der Waals surface area contributed by atoms with Gasteiger partial charge in [0.25, 0.3) is 5.69 Å². The van der Waals surface area contributed by atoms with E-state index in [4.69, 9.17) is 0 Å². The molecular weight excluding hydrogens is 595 g/mol. The van der Waals surface area contributed by atoms with E-state index < -0.39 is 21.0 Å². The number of aromatic nitrogens is 3. The molecule has 0 bridgehead atoms. The average Bonchev–Trinajstić information content (AvgIpc) is 3.39. The number of hydrogen-bond donors (Lipinski definition) is 1. The van der Waals surface area contributed by atoms with E-state index in [1.54, 1.807) is 30.5 Å². The maximum atomic E-state index is 14.0. The van der Waals surface area contributed by atoms with Crippen LogP contribution in [-0.2, 0) is 22.2 Å². The van der Waals surface area contributed by atoms with E-state index in [1.165, 1.54) is 23.9 Å². The lowest BCUT2D eigenvalue weighted by Gasteiger charge is -2.22. The lowest BCUT2D eigenvalue weighted by Crippen LogP contribution is -2.33. The van der Waals surface area contributed by atoms with E-state index in [0.29, 0.717) is 40.0 Å². The summed E-state index contributed by atoms with van der Waals surface area (Å²) in [5.74, 6) is 0.976. The van der Waals surface area contributed by atoms with Crippen molar-refractivity contribution in [2.75, 3.05) is 0 Å². The minimum absolute atomic E-state index is 0.0517. The molecule has 1 heterocycles. The van der Waals surface area contributed by atoms with E-state index in [-0.39, 0.29) is 10.6 Å². The minimum atomic E-state index is -4.00. The zero-order valence-electron chi connectivity index (χ0n) is 24.9. The highest BCUT2D eigenvalue weighted by molar-refractivity contribution is 7.98. The summed E-state index contributed by atoms with van der Waals surface area (Å²) < 4.78 is 32.8. The van der Waals surface area contributed by atoms with Crippen molar-refractivity contribution in [2.45, 2.75) is 56.0 Å². The summed E-state index contributed by atoms with van der Waals surface area (Å²) in [6.45, 7) is 7.55. The Labute approximate surface area is 261 Å². The van der Waals surface area contributed by atoms with Crippen molar-refractivity contribution < 1.29 is 13.3 Å². The molecule has 1 aromatic heterocycles. The van der Waals surface area contributed by atoms with Gasteiger partial charge in [0.2, 0.25) is 10.0 Å². The number of nitro groups is 1. The van der Waals surface area contributed by atoms with Gasteiger partial charge in [0, 0.05) is 23.6 Å². The lowest BCUT2D eigenvalue weighted by atomic mass is 10.1. The Morgan fingerprint density at radius 2 is 1.50 bits per heavy atom. The van der Waals surface area contributed by atoms with Crippen LogP contribution in [-0.4, -0.2) is 28.1 Å². The van der Waals surface area contributed by atoms with E-state index in [9.17, 15) is 18.5 Å². The number of hydrogen-bond acceptors (Lipinski definition) is 7. The highest BCUT2D eigenvalue weighted by atomic mass is 32.2. The van der Waals surface area contributed by atoms with Gasteiger partial charge >= 0.3 is 0 Å². The van der Waals surface area contributed by atoms with Crippen LogP contribution in [0.2, 0.25) is 0 Å². The Bertz CT molecular complexity index is 1880. The van der Waals surface area contributed by atoms with Crippen molar-refractivity contribution in [3.63, 3.8) is 0 Å². The summed E-state index contributed by atoms with van der Waals surface area (Å²) in [6.07, 6.45) is 0.303. The molecule has 1 N–H and O–H groups in total. The van der Waals surface area contributed by atoms with Gasteiger partial charge in [-0.05, 0) is 68.5 Å². The molecule has 0 aliphatic rings. The van der Waals surface area contributed by atoms with Crippen molar-refractivity contribution in [1.29, 1.82) is 0 Å². The molecule has 5 rings (SSSR count). The normalized spacial score (nSPS) is 12.3. The Kier molecular flexibility index (Phi) is 9.28. The summed E-state index contributed by atoms with van der Waals surface area (Å²) in [5.41, 5.74) is 5.96. The van der Waals surface area contributed by atoms with Gasteiger partial charge in [-0.1, -0.05) is 89.6 Å². The fourth-order valence-corrected chi connectivity index (χ4v) is 7.94. The van der Waals surface area contributed by atoms with Crippen LogP contribution in [0.1, 0.15) is 45.2 Å². The highest BCUT2D eigenvalue weighted by Gasteiger charge is 2.30. The molecule has 226 valence electrons. The van der Waals surface area contributed by atoms with Crippen LogP contribution in [0.4, 0.5) is 5.69 Å². The van der Waals surface area contributed by atoms with Crippen LogP contribution in [0.15, 0.2) is 101 Å². The van der Waals surface area contributed by atoms with Crippen molar-refractivity contribution in [3.8, 4) is 5.69 Å².